The number of carbonyl (C=O) groups is 1. The van der Waals surface area contributed by atoms with Crippen LogP contribution in [0.25, 0.3) is 0 Å². The minimum absolute atomic E-state index is 0.00125. The molecule has 0 radical (unpaired) electrons. The zero-order chi connectivity index (χ0) is 19.7. The van der Waals surface area contributed by atoms with E-state index in [2.05, 4.69) is 27.7 Å². The summed E-state index contributed by atoms with van der Waals surface area (Å²) >= 11 is 0. The highest BCUT2D eigenvalue weighted by molar-refractivity contribution is 5.96. The number of hydrogen-bond acceptors (Lipinski definition) is 4. The van der Waals surface area contributed by atoms with Crippen LogP contribution in [0.5, 0.6) is 17.2 Å². The summed E-state index contributed by atoms with van der Waals surface area (Å²) in [6, 6.07) is 3.87. The molecule has 0 heterocycles. The van der Waals surface area contributed by atoms with E-state index in [-0.39, 0.29) is 18.0 Å². The van der Waals surface area contributed by atoms with Crippen LogP contribution >= 0.6 is 0 Å². The van der Waals surface area contributed by atoms with Gasteiger partial charge in [-0.2, -0.15) is 0 Å². The molecule has 1 amide bonds. The van der Waals surface area contributed by atoms with Gasteiger partial charge >= 0.3 is 0 Å². The third-order valence-corrected chi connectivity index (χ3v) is 4.52. The first kappa shape index (κ1) is 22.1. The second-order valence-electron chi connectivity index (χ2n) is 6.33. The van der Waals surface area contributed by atoms with Gasteiger partial charge in [-0.3, -0.25) is 4.79 Å². The fraction of sp³-hybridized carbons (Fsp3) is 0.667. The normalized spacial score (nSPS) is 13.0. The third kappa shape index (κ3) is 5.29. The lowest BCUT2D eigenvalue weighted by Gasteiger charge is -2.34. The van der Waals surface area contributed by atoms with Crippen molar-refractivity contribution in [2.75, 3.05) is 19.8 Å². The molecule has 26 heavy (non-hydrogen) atoms. The molecule has 0 fully saturated rings. The summed E-state index contributed by atoms with van der Waals surface area (Å²) in [7, 11) is 0. The fourth-order valence-corrected chi connectivity index (χ4v) is 2.89. The Morgan fingerprint density at radius 3 is 1.62 bits per heavy atom. The van der Waals surface area contributed by atoms with E-state index in [1.54, 1.807) is 12.1 Å². The Morgan fingerprint density at radius 2 is 1.27 bits per heavy atom. The van der Waals surface area contributed by atoms with Crippen molar-refractivity contribution in [3.63, 3.8) is 0 Å². The Kier molecular flexibility index (Phi) is 9.31. The van der Waals surface area contributed by atoms with Crippen LogP contribution < -0.4 is 14.2 Å². The number of nitrogens with zero attached hydrogens (tertiary/aromatic N) is 1. The predicted octanol–water partition coefficient (Wildman–Crippen LogP) is 4.92. The van der Waals surface area contributed by atoms with Gasteiger partial charge in [0.25, 0.3) is 5.91 Å². The van der Waals surface area contributed by atoms with Gasteiger partial charge in [0.2, 0.25) is 5.75 Å². The van der Waals surface area contributed by atoms with Crippen LogP contribution in [0.2, 0.25) is 0 Å². The molecule has 148 valence electrons. The van der Waals surface area contributed by atoms with Gasteiger partial charge in [0.05, 0.1) is 19.8 Å². The Labute approximate surface area is 158 Å². The standard InChI is InChI=1S/C21H35NO4/c1-8-15(6)22(16(7)9-2)21(23)17-13-18(24-10-3)20(26-12-5)19(14-17)25-11-4/h13-16H,8-12H2,1-7H3/t15-,16+. The van der Waals surface area contributed by atoms with Crippen LogP contribution in [0.4, 0.5) is 0 Å². The van der Waals surface area contributed by atoms with Gasteiger partial charge < -0.3 is 19.1 Å². The SMILES string of the molecule is CCOc1cc(C(=O)N([C@H](C)CC)[C@@H](C)CC)cc(OCC)c1OCC. The fourth-order valence-electron chi connectivity index (χ4n) is 2.89. The van der Waals surface area contributed by atoms with Crippen molar-refractivity contribution in [2.45, 2.75) is 73.4 Å². The Bertz CT molecular complexity index is 536. The third-order valence-electron chi connectivity index (χ3n) is 4.52. The Morgan fingerprint density at radius 1 is 0.846 bits per heavy atom. The zero-order valence-corrected chi connectivity index (χ0v) is 17.4. The summed E-state index contributed by atoms with van der Waals surface area (Å²) in [5, 5.41) is 0. The van der Waals surface area contributed by atoms with E-state index < -0.39 is 0 Å². The molecule has 1 rings (SSSR count). The first-order valence-electron chi connectivity index (χ1n) is 9.83. The van der Waals surface area contributed by atoms with E-state index in [1.807, 2.05) is 25.7 Å². The molecule has 0 aliphatic carbocycles. The molecule has 0 N–H and O–H groups in total. The molecule has 0 saturated carbocycles. The molecule has 5 nitrogen and oxygen atoms in total. The number of amides is 1. The Hall–Kier alpha value is -1.91. The summed E-state index contributed by atoms with van der Waals surface area (Å²) in [6.07, 6.45) is 1.81. The summed E-state index contributed by atoms with van der Waals surface area (Å²) in [5.41, 5.74) is 0.570. The van der Waals surface area contributed by atoms with Crippen LogP contribution in [0.1, 0.15) is 71.7 Å². The first-order valence-corrected chi connectivity index (χ1v) is 9.83. The number of carbonyl (C=O) groups excluding carboxylic acids is 1. The highest BCUT2D eigenvalue weighted by Gasteiger charge is 2.27. The molecule has 1 aromatic rings. The largest absolute Gasteiger partial charge is 0.490 e. The second-order valence-corrected chi connectivity index (χ2v) is 6.33. The average molecular weight is 366 g/mol. The number of ether oxygens (including phenoxy) is 3. The minimum Gasteiger partial charge on any atom is -0.490 e. The lowest BCUT2D eigenvalue weighted by Crippen LogP contribution is -2.44. The molecule has 0 aliphatic heterocycles. The van der Waals surface area contributed by atoms with Gasteiger partial charge in [0.15, 0.2) is 11.5 Å². The average Bonchev–Trinajstić information content (AvgIpc) is 2.64. The highest BCUT2D eigenvalue weighted by atomic mass is 16.5. The maximum atomic E-state index is 13.3. The van der Waals surface area contributed by atoms with Gasteiger partial charge in [-0.25, -0.2) is 0 Å². The lowest BCUT2D eigenvalue weighted by atomic mass is 10.1. The van der Waals surface area contributed by atoms with E-state index in [0.717, 1.165) is 12.8 Å². The second kappa shape index (κ2) is 10.9. The van der Waals surface area contributed by atoms with Gasteiger partial charge in [-0.15, -0.1) is 0 Å². The van der Waals surface area contributed by atoms with Crippen molar-refractivity contribution in [3.8, 4) is 17.2 Å². The predicted molar refractivity (Wildman–Crippen MR) is 106 cm³/mol. The minimum atomic E-state index is -0.00125. The quantitative estimate of drug-likeness (QED) is 0.558. The van der Waals surface area contributed by atoms with Crippen LogP contribution in [0, 0.1) is 0 Å². The Balaban J connectivity index is 3.42. The zero-order valence-electron chi connectivity index (χ0n) is 17.4. The number of hydrogen-bond donors (Lipinski definition) is 0. The van der Waals surface area contributed by atoms with Gasteiger partial charge in [0, 0.05) is 17.6 Å². The van der Waals surface area contributed by atoms with Crippen molar-refractivity contribution in [2.24, 2.45) is 0 Å². The van der Waals surface area contributed by atoms with Gasteiger partial charge in [-0.1, -0.05) is 13.8 Å². The van der Waals surface area contributed by atoms with Crippen LogP contribution in [0.15, 0.2) is 12.1 Å². The smallest absolute Gasteiger partial charge is 0.254 e. The van der Waals surface area contributed by atoms with Crippen molar-refractivity contribution in [1.82, 2.24) is 4.90 Å². The molecular weight excluding hydrogens is 330 g/mol. The molecule has 0 bridgehead atoms. The van der Waals surface area contributed by atoms with E-state index in [0.29, 0.717) is 42.6 Å². The highest BCUT2D eigenvalue weighted by Crippen LogP contribution is 2.39. The van der Waals surface area contributed by atoms with E-state index in [9.17, 15) is 4.79 Å². The maximum Gasteiger partial charge on any atom is 0.254 e. The molecule has 0 saturated heterocycles. The summed E-state index contributed by atoms with van der Waals surface area (Å²) in [4.78, 5) is 15.3. The molecule has 0 unspecified atom stereocenters. The van der Waals surface area contributed by atoms with Crippen molar-refractivity contribution >= 4 is 5.91 Å². The van der Waals surface area contributed by atoms with Crippen molar-refractivity contribution in [1.29, 1.82) is 0 Å². The van der Waals surface area contributed by atoms with E-state index in [4.69, 9.17) is 14.2 Å². The van der Waals surface area contributed by atoms with Crippen LogP contribution in [-0.2, 0) is 0 Å². The topological polar surface area (TPSA) is 48.0 Å². The van der Waals surface area contributed by atoms with Crippen molar-refractivity contribution < 1.29 is 19.0 Å². The summed E-state index contributed by atoms with van der Waals surface area (Å²) < 4.78 is 17.2. The monoisotopic (exact) mass is 365 g/mol. The first-order chi connectivity index (χ1) is 12.4. The summed E-state index contributed by atoms with van der Waals surface area (Å²) in [5.74, 6) is 1.67. The molecule has 0 aliphatic rings. The number of rotatable bonds is 11. The molecular formula is C21H35NO4. The maximum absolute atomic E-state index is 13.3. The van der Waals surface area contributed by atoms with Crippen LogP contribution in [-0.4, -0.2) is 42.7 Å². The molecule has 5 heteroatoms. The number of benzene rings is 1. The van der Waals surface area contributed by atoms with E-state index in [1.165, 1.54) is 0 Å². The molecule has 0 aromatic heterocycles. The van der Waals surface area contributed by atoms with E-state index >= 15 is 0 Å². The lowest BCUT2D eigenvalue weighted by molar-refractivity contribution is 0.0597. The van der Waals surface area contributed by atoms with Crippen molar-refractivity contribution in [3.05, 3.63) is 17.7 Å². The summed E-state index contributed by atoms with van der Waals surface area (Å²) in [6.45, 7) is 15.6. The van der Waals surface area contributed by atoms with Crippen LogP contribution in [0.3, 0.4) is 0 Å². The molecule has 2 atom stereocenters. The molecule has 0 spiro atoms. The molecule has 1 aromatic carbocycles. The van der Waals surface area contributed by atoms with Gasteiger partial charge in [0.1, 0.15) is 0 Å². The van der Waals surface area contributed by atoms with Gasteiger partial charge in [-0.05, 0) is 59.6 Å².